The highest BCUT2D eigenvalue weighted by molar-refractivity contribution is 5.30. The van der Waals surface area contributed by atoms with Crippen molar-refractivity contribution in [2.75, 3.05) is 24.5 Å². The van der Waals surface area contributed by atoms with Crippen molar-refractivity contribution in [2.24, 2.45) is 0 Å². The molecule has 1 fully saturated rings. The van der Waals surface area contributed by atoms with Gasteiger partial charge in [-0.15, -0.1) is 5.10 Å². The maximum absolute atomic E-state index is 12.1. The van der Waals surface area contributed by atoms with Gasteiger partial charge in [0.25, 0.3) is 0 Å². The number of nitrogens with one attached hydrogen (secondary N) is 2. The van der Waals surface area contributed by atoms with E-state index >= 15 is 0 Å². The summed E-state index contributed by atoms with van der Waals surface area (Å²) >= 11 is 0. The lowest BCUT2D eigenvalue weighted by molar-refractivity contribution is -0.134. The molecule has 0 aliphatic carbocycles. The largest absolute Gasteiger partial charge is 0.389 e. The van der Waals surface area contributed by atoms with E-state index in [2.05, 4.69) is 20.5 Å². The van der Waals surface area contributed by atoms with Crippen molar-refractivity contribution in [3.8, 4) is 0 Å². The number of anilines is 1. The first kappa shape index (κ1) is 13.1. The Bertz CT molecular complexity index is 389. The maximum Gasteiger partial charge on any atom is 0.389 e. The molecule has 1 aromatic heterocycles. The Labute approximate surface area is 103 Å². The summed E-state index contributed by atoms with van der Waals surface area (Å²) in [6, 6.07) is 0.330. The number of halogens is 3. The van der Waals surface area contributed by atoms with Gasteiger partial charge in [0.15, 0.2) is 0 Å². The van der Waals surface area contributed by atoms with E-state index in [1.807, 2.05) is 11.8 Å². The van der Waals surface area contributed by atoms with Crippen LogP contribution in [0.15, 0.2) is 0 Å². The minimum Gasteiger partial charge on any atom is -0.337 e. The van der Waals surface area contributed by atoms with E-state index in [1.165, 1.54) is 0 Å². The molecule has 1 aliphatic rings. The van der Waals surface area contributed by atoms with Gasteiger partial charge in [0.1, 0.15) is 5.82 Å². The van der Waals surface area contributed by atoms with Crippen molar-refractivity contribution in [1.82, 2.24) is 20.5 Å². The Morgan fingerprint density at radius 3 is 2.89 bits per heavy atom. The Hall–Kier alpha value is -1.31. The highest BCUT2D eigenvalue weighted by atomic mass is 19.4. The standard InChI is InChI=1S/C10H16F3N5/c1-7-6-18(5-4-14-7)9-15-8(16-17-9)2-3-10(11,12)13/h7,14H,2-6H2,1H3,(H,15,16,17). The van der Waals surface area contributed by atoms with Crippen LogP contribution in [-0.4, -0.2) is 47.0 Å². The molecule has 5 nitrogen and oxygen atoms in total. The van der Waals surface area contributed by atoms with Gasteiger partial charge in [-0.3, -0.25) is 5.10 Å². The average Bonchev–Trinajstić information content (AvgIpc) is 2.74. The number of rotatable bonds is 3. The van der Waals surface area contributed by atoms with Gasteiger partial charge in [0.05, 0.1) is 6.42 Å². The second-order valence-electron chi connectivity index (χ2n) is 4.50. The SMILES string of the molecule is CC1CN(c2n[nH]c(CCC(F)(F)F)n2)CCN1. The van der Waals surface area contributed by atoms with Crippen molar-refractivity contribution < 1.29 is 13.2 Å². The summed E-state index contributed by atoms with van der Waals surface area (Å²) in [7, 11) is 0. The van der Waals surface area contributed by atoms with E-state index in [-0.39, 0.29) is 12.2 Å². The van der Waals surface area contributed by atoms with Crippen LogP contribution in [0.25, 0.3) is 0 Å². The molecule has 0 bridgehead atoms. The van der Waals surface area contributed by atoms with Gasteiger partial charge in [-0.25, -0.2) is 0 Å². The molecule has 0 saturated carbocycles. The van der Waals surface area contributed by atoms with Crippen LogP contribution >= 0.6 is 0 Å². The molecule has 0 spiro atoms. The quantitative estimate of drug-likeness (QED) is 0.857. The van der Waals surface area contributed by atoms with E-state index in [4.69, 9.17) is 0 Å². The van der Waals surface area contributed by atoms with Crippen LogP contribution in [0.2, 0.25) is 0 Å². The number of nitrogens with zero attached hydrogens (tertiary/aromatic N) is 3. The van der Waals surface area contributed by atoms with E-state index in [1.54, 1.807) is 0 Å². The molecule has 1 aromatic rings. The Balaban J connectivity index is 1.93. The molecule has 1 unspecified atom stereocenters. The van der Waals surface area contributed by atoms with Gasteiger partial charge >= 0.3 is 6.18 Å². The molecular weight excluding hydrogens is 247 g/mol. The predicted molar refractivity (Wildman–Crippen MR) is 60.4 cm³/mol. The molecule has 102 valence electrons. The van der Waals surface area contributed by atoms with Crippen LogP contribution < -0.4 is 10.2 Å². The molecule has 1 aliphatic heterocycles. The summed E-state index contributed by atoms with van der Waals surface area (Å²) in [6.45, 7) is 4.40. The molecule has 0 amide bonds. The fourth-order valence-electron chi connectivity index (χ4n) is 1.91. The van der Waals surface area contributed by atoms with E-state index in [9.17, 15) is 13.2 Å². The van der Waals surface area contributed by atoms with Gasteiger partial charge in [0, 0.05) is 32.1 Å². The van der Waals surface area contributed by atoms with E-state index < -0.39 is 12.6 Å². The maximum atomic E-state index is 12.1. The van der Waals surface area contributed by atoms with E-state index in [0.29, 0.717) is 12.0 Å². The smallest absolute Gasteiger partial charge is 0.337 e. The van der Waals surface area contributed by atoms with E-state index in [0.717, 1.165) is 19.6 Å². The molecule has 0 aromatic carbocycles. The third kappa shape index (κ3) is 3.59. The number of piperazine rings is 1. The summed E-state index contributed by atoms with van der Waals surface area (Å²) in [4.78, 5) is 6.07. The minimum absolute atomic E-state index is 0.155. The van der Waals surface area contributed by atoms with Crippen LogP contribution in [0.3, 0.4) is 0 Å². The lowest BCUT2D eigenvalue weighted by atomic mass is 10.2. The number of hydrogen-bond acceptors (Lipinski definition) is 4. The second kappa shape index (κ2) is 5.13. The molecule has 18 heavy (non-hydrogen) atoms. The average molecular weight is 263 g/mol. The minimum atomic E-state index is -4.16. The molecule has 2 rings (SSSR count). The fraction of sp³-hybridized carbons (Fsp3) is 0.800. The van der Waals surface area contributed by atoms with Crippen molar-refractivity contribution in [3.63, 3.8) is 0 Å². The van der Waals surface area contributed by atoms with Gasteiger partial charge < -0.3 is 10.2 Å². The van der Waals surface area contributed by atoms with Crippen LogP contribution in [0.4, 0.5) is 19.1 Å². The summed E-state index contributed by atoms with van der Waals surface area (Å²) in [6.07, 6.45) is -5.19. The number of alkyl halides is 3. The topological polar surface area (TPSA) is 56.8 Å². The number of H-pyrrole nitrogens is 1. The zero-order valence-corrected chi connectivity index (χ0v) is 10.1. The van der Waals surface area contributed by atoms with Crippen molar-refractivity contribution in [2.45, 2.75) is 32.0 Å². The van der Waals surface area contributed by atoms with Crippen LogP contribution in [-0.2, 0) is 6.42 Å². The molecule has 1 saturated heterocycles. The van der Waals surface area contributed by atoms with Gasteiger partial charge in [-0.1, -0.05) is 0 Å². The summed E-state index contributed by atoms with van der Waals surface area (Å²) in [5.41, 5.74) is 0. The fourth-order valence-corrected chi connectivity index (χ4v) is 1.91. The van der Waals surface area contributed by atoms with Gasteiger partial charge in [0.2, 0.25) is 5.95 Å². The summed E-state index contributed by atoms with van der Waals surface area (Å²) in [5.74, 6) is 0.772. The third-order valence-corrected chi connectivity index (χ3v) is 2.82. The first-order valence-corrected chi connectivity index (χ1v) is 5.90. The number of aromatic nitrogens is 3. The summed E-state index contributed by atoms with van der Waals surface area (Å²) < 4.78 is 36.2. The molecule has 2 heterocycles. The van der Waals surface area contributed by atoms with Gasteiger partial charge in [-0.2, -0.15) is 18.2 Å². The Kier molecular flexibility index (Phi) is 3.74. The highest BCUT2D eigenvalue weighted by Crippen LogP contribution is 2.21. The third-order valence-electron chi connectivity index (χ3n) is 2.82. The lowest BCUT2D eigenvalue weighted by Gasteiger charge is -2.30. The second-order valence-corrected chi connectivity index (χ2v) is 4.50. The zero-order valence-electron chi connectivity index (χ0n) is 10.1. The van der Waals surface area contributed by atoms with Gasteiger partial charge in [-0.05, 0) is 6.92 Å². The zero-order chi connectivity index (χ0) is 13.2. The first-order chi connectivity index (χ1) is 8.44. The van der Waals surface area contributed by atoms with Crippen molar-refractivity contribution >= 4 is 5.95 Å². The molecule has 8 heteroatoms. The first-order valence-electron chi connectivity index (χ1n) is 5.90. The van der Waals surface area contributed by atoms with Crippen molar-refractivity contribution in [3.05, 3.63) is 5.82 Å². The predicted octanol–water partition coefficient (Wildman–Crippen LogP) is 1.10. The highest BCUT2D eigenvalue weighted by Gasteiger charge is 2.27. The number of aromatic amines is 1. The molecule has 1 atom stereocenters. The monoisotopic (exact) mass is 263 g/mol. The normalized spacial score (nSPS) is 21.3. The van der Waals surface area contributed by atoms with Crippen molar-refractivity contribution in [1.29, 1.82) is 0 Å². The number of aryl methyl sites for hydroxylation is 1. The van der Waals surface area contributed by atoms with Crippen LogP contribution in [0.1, 0.15) is 19.2 Å². The molecule has 0 radical (unpaired) electrons. The Morgan fingerprint density at radius 2 is 2.22 bits per heavy atom. The molecule has 2 N–H and O–H groups in total. The summed E-state index contributed by atoms with van der Waals surface area (Å²) in [5, 5.41) is 9.81. The van der Waals surface area contributed by atoms with Crippen LogP contribution in [0, 0.1) is 0 Å². The Morgan fingerprint density at radius 1 is 1.44 bits per heavy atom. The number of hydrogen-bond donors (Lipinski definition) is 2. The lowest BCUT2D eigenvalue weighted by Crippen LogP contribution is -2.49. The molecular formula is C10H16F3N5. The van der Waals surface area contributed by atoms with Crippen LogP contribution in [0.5, 0.6) is 0 Å².